The molecule has 5 heteroatoms. The first-order valence-electron chi connectivity index (χ1n) is 9.51. The van der Waals surface area contributed by atoms with Gasteiger partial charge in [-0.3, -0.25) is 0 Å². The minimum Gasteiger partial charge on any atom is -0.481 e. The van der Waals surface area contributed by atoms with Gasteiger partial charge >= 0.3 is 6.09 Å². The zero-order valence-corrected chi connectivity index (χ0v) is 16.2. The second-order valence-electron chi connectivity index (χ2n) is 6.74. The van der Waals surface area contributed by atoms with Gasteiger partial charge in [-0.05, 0) is 33.9 Å². The number of benzene rings is 2. The molecule has 1 aliphatic rings. The van der Waals surface area contributed by atoms with Crippen LogP contribution in [-0.2, 0) is 4.74 Å². The normalized spacial score (nSPS) is 12.4. The monoisotopic (exact) mass is 386 g/mol. The topological polar surface area (TPSA) is 60.5 Å². The van der Waals surface area contributed by atoms with Crippen molar-refractivity contribution in [1.29, 1.82) is 0 Å². The van der Waals surface area contributed by atoms with E-state index in [1.54, 1.807) is 19.4 Å². The molecular weight excluding hydrogens is 364 g/mol. The largest absolute Gasteiger partial charge is 0.481 e. The summed E-state index contributed by atoms with van der Waals surface area (Å²) >= 11 is 0. The van der Waals surface area contributed by atoms with Gasteiger partial charge < -0.3 is 14.8 Å². The van der Waals surface area contributed by atoms with E-state index in [4.69, 9.17) is 9.47 Å². The predicted molar refractivity (Wildman–Crippen MR) is 113 cm³/mol. The van der Waals surface area contributed by atoms with Crippen molar-refractivity contribution >= 4 is 12.2 Å². The Kier molecular flexibility index (Phi) is 5.56. The molecule has 4 rings (SSSR count). The van der Waals surface area contributed by atoms with Gasteiger partial charge in [0, 0.05) is 24.7 Å². The fraction of sp³-hybridized carbons (Fsp3) is 0.167. The molecule has 0 saturated carbocycles. The van der Waals surface area contributed by atoms with Gasteiger partial charge in [-0.15, -0.1) is 0 Å². The van der Waals surface area contributed by atoms with Gasteiger partial charge in [0.2, 0.25) is 5.88 Å². The third-order valence-corrected chi connectivity index (χ3v) is 4.99. The lowest BCUT2D eigenvalue weighted by Gasteiger charge is -2.14. The van der Waals surface area contributed by atoms with Gasteiger partial charge in [0.25, 0.3) is 0 Å². The number of pyridine rings is 1. The molecule has 0 saturated heterocycles. The highest BCUT2D eigenvalue weighted by molar-refractivity contribution is 5.79. The number of aromatic nitrogens is 1. The van der Waals surface area contributed by atoms with Gasteiger partial charge in [-0.25, -0.2) is 9.78 Å². The molecule has 0 aliphatic heterocycles. The number of carbonyl (C=O) groups excluding carboxylic acids is 1. The number of nitrogens with zero attached hydrogens (tertiary/aromatic N) is 1. The molecule has 0 bridgehead atoms. The SMILES string of the molecule is COc1ccc(C=CCNC(=O)OCC2c3ccccc3-c3ccccc32)cn1. The average molecular weight is 386 g/mol. The number of rotatable bonds is 6. The van der Waals surface area contributed by atoms with E-state index < -0.39 is 6.09 Å². The van der Waals surface area contributed by atoms with Gasteiger partial charge in [-0.1, -0.05) is 60.7 Å². The molecule has 2 aromatic carbocycles. The van der Waals surface area contributed by atoms with E-state index in [0.717, 1.165) is 5.56 Å². The Morgan fingerprint density at radius 1 is 1.03 bits per heavy atom. The number of alkyl carbamates (subject to hydrolysis) is 1. The predicted octanol–water partition coefficient (Wildman–Crippen LogP) is 4.64. The van der Waals surface area contributed by atoms with Gasteiger partial charge in [0.1, 0.15) is 6.61 Å². The quantitative estimate of drug-likeness (QED) is 0.670. The molecule has 0 atom stereocenters. The van der Waals surface area contributed by atoms with E-state index in [1.165, 1.54) is 22.3 Å². The van der Waals surface area contributed by atoms with Crippen molar-refractivity contribution in [2.24, 2.45) is 0 Å². The molecule has 0 radical (unpaired) electrons. The van der Waals surface area contributed by atoms with Gasteiger partial charge in [0.05, 0.1) is 7.11 Å². The third-order valence-electron chi connectivity index (χ3n) is 4.99. The highest BCUT2D eigenvalue weighted by Crippen LogP contribution is 2.44. The summed E-state index contributed by atoms with van der Waals surface area (Å²) in [4.78, 5) is 16.3. The lowest BCUT2D eigenvalue weighted by molar-refractivity contribution is 0.144. The fourth-order valence-electron chi connectivity index (χ4n) is 3.60. The second kappa shape index (κ2) is 8.61. The smallest absolute Gasteiger partial charge is 0.407 e. The van der Waals surface area contributed by atoms with Crippen LogP contribution in [-0.4, -0.2) is 31.3 Å². The van der Waals surface area contributed by atoms with Crippen LogP contribution in [0.4, 0.5) is 4.79 Å². The summed E-state index contributed by atoms with van der Waals surface area (Å²) in [5, 5.41) is 2.75. The number of amides is 1. The van der Waals surface area contributed by atoms with Crippen molar-refractivity contribution in [3.63, 3.8) is 0 Å². The van der Waals surface area contributed by atoms with Gasteiger partial charge in [-0.2, -0.15) is 0 Å². The summed E-state index contributed by atoms with van der Waals surface area (Å²) in [7, 11) is 1.58. The van der Waals surface area contributed by atoms with Crippen molar-refractivity contribution in [3.05, 3.63) is 89.6 Å². The Bertz CT molecular complexity index is 983. The molecule has 1 aromatic heterocycles. The van der Waals surface area contributed by atoms with Crippen molar-refractivity contribution in [2.75, 3.05) is 20.3 Å². The highest BCUT2D eigenvalue weighted by Gasteiger charge is 2.28. The van der Waals surface area contributed by atoms with Crippen LogP contribution in [0.3, 0.4) is 0 Å². The van der Waals surface area contributed by atoms with Crippen LogP contribution < -0.4 is 10.1 Å². The van der Waals surface area contributed by atoms with Crippen LogP contribution in [0.2, 0.25) is 0 Å². The maximum atomic E-state index is 12.1. The number of hydrogen-bond acceptors (Lipinski definition) is 4. The van der Waals surface area contributed by atoms with E-state index in [0.29, 0.717) is 19.0 Å². The Hall–Kier alpha value is -3.60. The minimum atomic E-state index is -0.427. The molecule has 0 fully saturated rings. The van der Waals surface area contributed by atoms with Crippen LogP contribution in [0.25, 0.3) is 17.2 Å². The van der Waals surface area contributed by atoms with Crippen LogP contribution >= 0.6 is 0 Å². The Morgan fingerprint density at radius 3 is 2.34 bits per heavy atom. The van der Waals surface area contributed by atoms with Crippen molar-refractivity contribution in [3.8, 4) is 17.0 Å². The summed E-state index contributed by atoms with van der Waals surface area (Å²) in [6, 6.07) is 20.3. The molecule has 1 N–H and O–H groups in total. The maximum absolute atomic E-state index is 12.1. The van der Waals surface area contributed by atoms with E-state index in [2.05, 4.69) is 34.6 Å². The molecule has 3 aromatic rings. The molecule has 29 heavy (non-hydrogen) atoms. The highest BCUT2D eigenvalue weighted by atomic mass is 16.5. The number of hydrogen-bond donors (Lipinski definition) is 1. The first-order chi connectivity index (χ1) is 14.3. The maximum Gasteiger partial charge on any atom is 0.407 e. The summed E-state index contributed by atoms with van der Waals surface area (Å²) in [5.41, 5.74) is 5.77. The summed E-state index contributed by atoms with van der Waals surface area (Å²) < 4.78 is 10.5. The lowest BCUT2D eigenvalue weighted by Crippen LogP contribution is -2.26. The summed E-state index contributed by atoms with van der Waals surface area (Å²) in [6.45, 7) is 0.689. The zero-order chi connectivity index (χ0) is 20.1. The first-order valence-corrected chi connectivity index (χ1v) is 9.51. The van der Waals surface area contributed by atoms with Crippen molar-refractivity contribution in [1.82, 2.24) is 10.3 Å². The Labute approximate surface area is 170 Å². The van der Waals surface area contributed by atoms with Crippen LogP contribution in [0.15, 0.2) is 72.9 Å². The number of nitrogens with one attached hydrogen (secondary N) is 1. The molecule has 0 unspecified atom stereocenters. The van der Waals surface area contributed by atoms with Crippen LogP contribution in [0.1, 0.15) is 22.6 Å². The molecule has 1 heterocycles. The van der Waals surface area contributed by atoms with E-state index >= 15 is 0 Å². The first kappa shape index (κ1) is 18.7. The molecule has 146 valence electrons. The Balaban J connectivity index is 1.31. The molecule has 1 amide bonds. The number of methoxy groups -OCH3 is 1. The van der Waals surface area contributed by atoms with E-state index in [9.17, 15) is 4.79 Å². The van der Waals surface area contributed by atoms with Gasteiger partial charge in [0.15, 0.2) is 0 Å². The van der Waals surface area contributed by atoms with Crippen LogP contribution in [0.5, 0.6) is 5.88 Å². The molecular formula is C24H22N2O3. The molecule has 0 spiro atoms. The molecule has 5 nitrogen and oxygen atoms in total. The lowest BCUT2D eigenvalue weighted by atomic mass is 9.98. The number of carbonyl (C=O) groups is 1. The van der Waals surface area contributed by atoms with E-state index in [-0.39, 0.29) is 5.92 Å². The average Bonchev–Trinajstić information content (AvgIpc) is 3.09. The molecule has 1 aliphatic carbocycles. The van der Waals surface area contributed by atoms with E-state index in [1.807, 2.05) is 42.5 Å². The summed E-state index contributed by atoms with van der Waals surface area (Å²) in [5.74, 6) is 0.632. The zero-order valence-electron chi connectivity index (χ0n) is 16.2. The van der Waals surface area contributed by atoms with Crippen LogP contribution in [0, 0.1) is 0 Å². The minimum absolute atomic E-state index is 0.0639. The standard InChI is InChI=1S/C24H22N2O3/c1-28-23-13-12-17(15-26-23)7-6-14-25-24(27)29-16-22-20-10-4-2-8-18(20)19-9-3-5-11-21(19)22/h2-13,15,22H,14,16H2,1H3,(H,25,27). The second-order valence-corrected chi connectivity index (χ2v) is 6.74. The van der Waals surface area contributed by atoms with Crippen molar-refractivity contribution < 1.29 is 14.3 Å². The fourth-order valence-corrected chi connectivity index (χ4v) is 3.60. The number of fused-ring (bicyclic) bond motifs is 3. The Morgan fingerprint density at radius 2 is 1.72 bits per heavy atom. The van der Waals surface area contributed by atoms with Crippen molar-refractivity contribution in [2.45, 2.75) is 5.92 Å². The summed E-state index contributed by atoms with van der Waals surface area (Å²) in [6.07, 6.45) is 5.02. The third kappa shape index (κ3) is 4.14. The number of ether oxygens (including phenoxy) is 2.